The van der Waals surface area contributed by atoms with Crippen LogP contribution in [0, 0.1) is 0 Å². The lowest BCUT2D eigenvalue weighted by molar-refractivity contribution is 0.0528. The number of esters is 1. The summed E-state index contributed by atoms with van der Waals surface area (Å²) in [5.41, 5.74) is 11.5. The summed E-state index contributed by atoms with van der Waals surface area (Å²) in [6, 6.07) is 17.2. The summed E-state index contributed by atoms with van der Waals surface area (Å²) in [6.07, 6.45) is 4.28. The van der Waals surface area contributed by atoms with E-state index in [9.17, 15) is 9.59 Å². The van der Waals surface area contributed by atoms with Crippen molar-refractivity contribution in [2.45, 2.75) is 71.3 Å². The normalized spacial score (nSPS) is 15.1. The number of benzene rings is 2. The van der Waals surface area contributed by atoms with E-state index in [0.717, 1.165) is 41.6 Å². The number of ether oxygens (including phenoxy) is 2. The third kappa shape index (κ3) is 6.16. The molecule has 0 bridgehead atoms. The quantitative estimate of drug-likeness (QED) is 0.296. The third-order valence-electron chi connectivity index (χ3n) is 7.38. The lowest BCUT2D eigenvalue weighted by Gasteiger charge is -2.35. The Hall–Kier alpha value is -4.08. The maximum absolute atomic E-state index is 13.5. The first kappa shape index (κ1) is 28.4. The van der Waals surface area contributed by atoms with Gasteiger partial charge >= 0.3 is 12.1 Å². The van der Waals surface area contributed by atoms with E-state index in [2.05, 4.69) is 11.0 Å². The summed E-state index contributed by atoms with van der Waals surface area (Å²) in [5, 5.41) is 0. The number of nitrogens with two attached hydrogens (primary N) is 1. The van der Waals surface area contributed by atoms with E-state index in [1.807, 2.05) is 63.4 Å². The first-order valence-electron chi connectivity index (χ1n) is 14.0. The van der Waals surface area contributed by atoms with E-state index in [0.29, 0.717) is 30.0 Å². The van der Waals surface area contributed by atoms with Crippen molar-refractivity contribution in [1.29, 1.82) is 0 Å². The van der Waals surface area contributed by atoms with E-state index < -0.39 is 17.7 Å². The number of para-hydroxylation sites is 2. The van der Waals surface area contributed by atoms with Gasteiger partial charge < -0.3 is 15.2 Å². The largest absolute Gasteiger partial charge is 0.465 e. The molecule has 9 heteroatoms. The van der Waals surface area contributed by atoms with Gasteiger partial charge in [0.2, 0.25) is 0 Å². The summed E-state index contributed by atoms with van der Waals surface area (Å²) >= 11 is 0. The molecular weight excluding hydrogens is 518 g/mol. The number of methoxy groups -OCH3 is 1. The fourth-order valence-corrected chi connectivity index (χ4v) is 5.53. The first-order valence-corrected chi connectivity index (χ1v) is 14.0. The van der Waals surface area contributed by atoms with Crippen LogP contribution in [0.25, 0.3) is 11.0 Å². The molecule has 0 saturated heterocycles. The molecule has 1 aliphatic carbocycles. The molecule has 0 aliphatic heterocycles. The van der Waals surface area contributed by atoms with Gasteiger partial charge in [-0.15, -0.1) is 0 Å². The number of carbonyl (C=O) groups excluding carboxylic acids is 2. The second-order valence-electron chi connectivity index (χ2n) is 11.4. The molecule has 1 unspecified atom stereocenters. The highest BCUT2D eigenvalue weighted by molar-refractivity contribution is 5.89. The highest BCUT2D eigenvalue weighted by atomic mass is 16.6. The summed E-state index contributed by atoms with van der Waals surface area (Å²) in [5.74, 6) is 0.184. The molecule has 41 heavy (non-hydrogen) atoms. The summed E-state index contributed by atoms with van der Waals surface area (Å²) in [7, 11) is 1.37. The molecule has 1 aliphatic rings. The zero-order chi connectivity index (χ0) is 29.1. The number of pyridine rings is 1. The molecule has 0 amide bonds. The van der Waals surface area contributed by atoms with Crippen LogP contribution in [0.2, 0.25) is 0 Å². The Labute approximate surface area is 240 Å². The van der Waals surface area contributed by atoms with Gasteiger partial charge in [0.05, 0.1) is 42.0 Å². The van der Waals surface area contributed by atoms with Gasteiger partial charge in [0.1, 0.15) is 11.4 Å². The predicted molar refractivity (Wildman–Crippen MR) is 156 cm³/mol. The Kier molecular flexibility index (Phi) is 8.19. The van der Waals surface area contributed by atoms with Crippen molar-refractivity contribution in [1.82, 2.24) is 19.4 Å². The minimum atomic E-state index is -0.664. The smallest absolute Gasteiger partial charge is 0.420 e. The Morgan fingerprint density at radius 2 is 1.88 bits per heavy atom. The number of fused-ring (bicyclic) bond motifs is 2. The Morgan fingerprint density at radius 3 is 2.63 bits per heavy atom. The molecule has 2 heterocycles. The highest BCUT2D eigenvalue weighted by Crippen LogP contribution is 2.35. The first-order chi connectivity index (χ1) is 19.7. The zero-order valence-corrected chi connectivity index (χ0v) is 24.1. The fraction of sp³-hybridized carbons (Fsp3) is 0.375. The number of aromatic nitrogens is 3. The van der Waals surface area contributed by atoms with Gasteiger partial charge in [-0.1, -0.05) is 24.3 Å². The zero-order valence-electron chi connectivity index (χ0n) is 24.1. The van der Waals surface area contributed by atoms with Crippen LogP contribution in [0.1, 0.15) is 78.2 Å². The lowest BCUT2D eigenvalue weighted by atomic mass is 9.90. The fourth-order valence-electron chi connectivity index (χ4n) is 5.53. The second-order valence-corrected chi connectivity index (χ2v) is 11.4. The summed E-state index contributed by atoms with van der Waals surface area (Å²) < 4.78 is 12.3. The van der Waals surface area contributed by atoms with Crippen LogP contribution in [0.3, 0.4) is 0 Å². The molecule has 2 aromatic heterocycles. The van der Waals surface area contributed by atoms with Gasteiger partial charge in [0.25, 0.3) is 0 Å². The minimum Gasteiger partial charge on any atom is -0.465 e. The number of aryl methyl sites for hydroxylation is 1. The maximum Gasteiger partial charge on any atom is 0.420 e. The standard InChI is InChI=1S/C32H37N5O4/c1-32(2,3)41-31(39)37-26-12-6-5-11-25(26)35-28(37)20-36(27-13-7-9-21-10-8-16-34-29(21)27)19-23-15-14-22(30(38)40-4)17-24(23)18-33/h5-6,8,10-12,14-17,27H,7,9,13,18-20,33H2,1-4H3. The highest BCUT2D eigenvalue weighted by Gasteiger charge is 2.31. The molecule has 2 N–H and O–H groups in total. The van der Waals surface area contributed by atoms with Gasteiger partial charge in [-0.3, -0.25) is 9.88 Å². The van der Waals surface area contributed by atoms with Crippen LogP contribution in [0.5, 0.6) is 0 Å². The Morgan fingerprint density at radius 1 is 1.07 bits per heavy atom. The van der Waals surface area contributed by atoms with Gasteiger partial charge in [0.15, 0.2) is 0 Å². The summed E-state index contributed by atoms with van der Waals surface area (Å²) in [4.78, 5) is 37.7. The second kappa shape index (κ2) is 11.8. The predicted octanol–water partition coefficient (Wildman–Crippen LogP) is 5.54. The number of rotatable bonds is 7. The minimum absolute atomic E-state index is 0.00208. The SMILES string of the molecule is COC(=O)c1ccc(CN(Cc2nc3ccccc3n2C(=O)OC(C)(C)C)C2CCCc3cccnc32)c(CN)c1. The van der Waals surface area contributed by atoms with Crippen molar-refractivity contribution in [3.05, 3.63) is 94.6 Å². The van der Waals surface area contributed by atoms with Crippen molar-refractivity contribution in [2.24, 2.45) is 5.73 Å². The van der Waals surface area contributed by atoms with Crippen LogP contribution in [0.15, 0.2) is 60.8 Å². The number of carbonyl (C=O) groups is 2. The molecule has 0 fully saturated rings. The molecule has 0 radical (unpaired) electrons. The summed E-state index contributed by atoms with van der Waals surface area (Å²) in [6.45, 7) is 6.72. The maximum atomic E-state index is 13.5. The molecular formula is C32H37N5O4. The molecule has 0 spiro atoms. The topological polar surface area (TPSA) is 113 Å². The molecule has 1 atom stereocenters. The Bertz CT molecular complexity index is 1570. The van der Waals surface area contributed by atoms with E-state index in [-0.39, 0.29) is 12.6 Å². The number of hydrogen-bond acceptors (Lipinski definition) is 8. The average molecular weight is 556 g/mol. The van der Waals surface area contributed by atoms with Gasteiger partial charge in [-0.05, 0) is 87.1 Å². The molecule has 4 aromatic rings. The van der Waals surface area contributed by atoms with E-state index in [1.165, 1.54) is 12.7 Å². The molecule has 5 rings (SSSR count). The van der Waals surface area contributed by atoms with Crippen molar-refractivity contribution < 1.29 is 19.1 Å². The van der Waals surface area contributed by atoms with Gasteiger partial charge in [0, 0.05) is 19.3 Å². The van der Waals surface area contributed by atoms with Crippen molar-refractivity contribution >= 4 is 23.1 Å². The molecule has 9 nitrogen and oxygen atoms in total. The van der Waals surface area contributed by atoms with E-state index in [1.54, 1.807) is 16.7 Å². The van der Waals surface area contributed by atoms with Crippen molar-refractivity contribution in [3.8, 4) is 0 Å². The monoisotopic (exact) mass is 555 g/mol. The van der Waals surface area contributed by atoms with Gasteiger partial charge in [-0.2, -0.15) is 0 Å². The number of hydrogen-bond donors (Lipinski definition) is 1. The van der Waals surface area contributed by atoms with Crippen LogP contribution in [-0.2, 0) is 35.5 Å². The molecule has 0 saturated carbocycles. The van der Waals surface area contributed by atoms with Crippen LogP contribution < -0.4 is 5.73 Å². The van der Waals surface area contributed by atoms with E-state index >= 15 is 0 Å². The average Bonchev–Trinajstić information content (AvgIpc) is 3.33. The lowest BCUT2D eigenvalue weighted by Crippen LogP contribution is -2.34. The Balaban J connectivity index is 1.59. The van der Waals surface area contributed by atoms with E-state index in [4.69, 9.17) is 25.2 Å². The third-order valence-corrected chi connectivity index (χ3v) is 7.38. The van der Waals surface area contributed by atoms with Crippen LogP contribution >= 0.6 is 0 Å². The van der Waals surface area contributed by atoms with Crippen molar-refractivity contribution in [3.63, 3.8) is 0 Å². The number of nitrogens with zero attached hydrogens (tertiary/aromatic N) is 4. The number of imidazole rings is 1. The van der Waals surface area contributed by atoms with Crippen LogP contribution in [0.4, 0.5) is 4.79 Å². The van der Waals surface area contributed by atoms with Gasteiger partial charge in [-0.25, -0.2) is 19.1 Å². The molecule has 214 valence electrons. The van der Waals surface area contributed by atoms with Crippen molar-refractivity contribution in [2.75, 3.05) is 7.11 Å². The van der Waals surface area contributed by atoms with Crippen LogP contribution in [-0.4, -0.2) is 44.2 Å². The molecule has 2 aromatic carbocycles.